The lowest BCUT2D eigenvalue weighted by Crippen LogP contribution is -2.34. The van der Waals surface area contributed by atoms with Crippen LogP contribution in [0.4, 0.5) is 5.69 Å². The zero-order valence-corrected chi connectivity index (χ0v) is 9.95. The molecule has 1 saturated heterocycles. The average Bonchev–Trinajstić information content (AvgIpc) is 2.75. The van der Waals surface area contributed by atoms with Gasteiger partial charge in [-0.2, -0.15) is 0 Å². The normalized spacial score (nSPS) is 20.4. The first-order valence-corrected chi connectivity index (χ1v) is 6.03. The van der Waals surface area contributed by atoms with E-state index in [-0.39, 0.29) is 6.61 Å². The molecule has 1 fully saturated rings. The number of benzene rings is 1. The van der Waals surface area contributed by atoms with Gasteiger partial charge < -0.3 is 15.3 Å². The van der Waals surface area contributed by atoms with Gasteiger partial charge in [-0.25, -0.2) is 0 Å². The summed E-state index contributed by atoms with van der Waals surface area (Å²) in [6.45, 7) is 2.85. The Labute approximate surface area is 101 Å². The molecule has 0 amide bonds. The fourth-order valence-electron chi connectivity index (χ4n) is 2.12. The zero-order valence-electron chi connectivity index (χ0n) is 9.19. The fourth-order valence-corrected chi connectivity index (χ4v) is 2.38. The van der Waals surface area contributed by atoms with Crippen LogP contribution < -0.4 is 10.2 Å². The highest BCUT2D eigenvalue weighted by molar-refractivity contribution is 6.33. The minimum atomic E-state index is 0.197. The van der Waals surface area contributed by atoms with Crippen LogP contribution in [0.1, 0.15) is 6.42 Å². The quantitative estimate of drug-likeness (QED) is 0.838. The first-order chi connectivity index (χ1) is 7.81. The monoisotopic (exact) mass is 240 g/mol. The van der Waals surface area contributed by atoms with Crippen molar-refractivity contribution in [3.05, 3.63) is 29.3 Å². The van der Waals surface area contributed by atoms with E-state index in [0.29, 0.717) is 12.6 Å². The van der Waals surface area contributed by atoms with Gasteiger partial charge in [-0.1, -0.05) is 23.7 Å². The molecule has 1 atom stereocenters. The summed E-state index contributed by atoms with van der Waals surface area (Å²) >= 11 is 6.15. The van der Waals surface area contributed by atoms with E-state index in [1.54, 1.807) is 0 Å². The van der Waals surface area contributed by atoms with Gasteiger partial charge in [0.15, 0.2) is 0 Å². The molecule has 1 heterocycles. The lowest BCUT2D eigenvalue weighted by molar-refractivity contribution is 0.286. The van der Waals surface area contributed by atoms with Crippen LogP contribution in [-0.2, 0) is 0 Å². The summed E-state index contributed by atoms with van der Waals surface area (Å²) in [4.78, 5) is 2.29. The molecule has 4 heteroatoms. The standard InChI is InChI=1S/C12H17ClN2O/c13-11-3-1-2-4-12(11)15-7-5-10(9-15)14-6-8-16/h1-4,10,14,16H,5-9H2. The van der Waals surface area contributed by atoms with E-state index >= 15 is 0 Å². The van der Waals surface area contributed by atoms with Crippen molar-refractivity contribution in [1.82, 2.24) is 5.32 Å². The third kappa shape index (κ3) is 2.67. The predicted molar refractivity (Wildman–Crippen MR) is 67.2 cm³/mol. The second-order valence-electron chi connectivity index (χ2n) is 4.06. The predicted octanol–water partition coefficient (Wildman–Crippen LogP) is 1.50. The number of aliphatic hydroxyl groups excluding tert-OH is 1. The van der Waals surface area contributed by atoms with Crippen LogP contribution in [0, 0.1) is 0 Å². The molecular formula is C12H17ClN2O. The van der Waals surface area contributed by atoms with Crippen molar-refractivity contribution in [3.8, 4) is 0 Å². The van der Waals surface area contributed by atoms with Crippen molar-refractivity contribution in [1.29, 1.82) is 0 Å². The van der Waals surface area contributed by atoms with Gasteiger partial charge in [0, 0.05) is 25.7 Å². The number of rotatable bonds is 4. The first-order valence-electron chi connectivity index (χ1n) is 5.65. The number of para-hydroxylation sites is 1. The van der Waals surface area contributed by atoms with Crippen LogP contribution in [0.3, 0.4) is 0 Å². The molecule has 1 aliphatic rings. The topological polar surface area (TPSA) is 35.5 Å². The molecule has 0 spiro atoms. The lowest BCUT2D eigenvalue weighted by atomic mass is 10.2. The summed E-state index contributed by atoms with van der Waals surface area (Å²) < 4.78 is 0. The molecule has 16 heavy (non-hydrogen) atoms. The van der Waals surface area contributed by atoms with Crippen LogP contribution in [0.2, 0.25) is 5.02 Å². The van der Waals surface area contributed by atoms with Gasteiger partial charge in [-0.15, -0.1) is 0 Å². The van der Waals surface area contributed by atoms with E-state index in [0.717, 1.165) is 30.2 Å². The number of nitrogens with one attached hydrogen (secondary N) is 1. The van der Waals surface area contributed by atoms with Gasteiger partial charge >= 0.3 is 0 Å². The summed E-state index contributed by atoms with van der Waals surface area (Å²) in [6.07, 6.45) is 1.10. The second kappa shape index (κ2) is 5.53. The molecule has 1 aromatic rings. The third-order valence-corrected chi connectivity index (χ3v) is 3.25. The molecule has 0 aromatic heterocycles. The van der Waals surface area contributed by atoms with E-state index in [4.69, 9.17) is 16.7 Å². The Balaban J connectivity index is 1.96. The van der Waals surface area contributed by atoms with Crippen LogP contribution >= 0.6 is 11.6 Å². The minimum absolute atomic E-state index is 0.197. The van der Waals surface area contributed by atoms with Gasteiger partial charge in [0.05, 0.1) is 17.3 Å². The number of halogens is 1. The lowest BCUT2D eigenvalue weighted by Gasteiger charge is -2.20. The molecule has 1 aromatic carbocycles. The Kier molecular flexibility index (Phi) is 4.04. The smallest absolute Gasteiger partial charge is 0.0639 e. The first kappa shape index (κ1) is 11.7. The van der Waals surface area contributed by atoms with Crippen molar-refractivity contribution in [2.75, 3.05) is 31.1 Å². The molecule has 2 rings (SSSR count). The highest BCUT2D eigenvalue weighted by Crippen LogP contribution is 2.28. The highest BCUT2D eigenvalue weighted by Gasteiger charge is 2.22. The summed E-state index contributed by atoms with van der Waals surface area (Å²) in [5, 5.41) is 12.9. The zero-order chi connectivity index (χ0) is 11.4. The molecular weight excluding hydrogens is 224 g/mol. The Morgan fingerprint density at radius 2 is 2.25 bits per heavy atom. The van der Waals surface area contributed by atoms with Crippen molar-refractivity contribution in [3.63, 3.8) is 0 Å². The maximum Gasteiger partial charge on any atom is 0.0639 e. The molecule has 0 bridgehead atoms. The fraction of sp³-hybridized carbons (Fsp3) is 0.500. The maximum absolute atomic E-state index is 8.76. The SMILES string of the molecule is OCCNC1CCN(c2ccccc2Cl)C1. The highest BCUT2D eigenvalue weighted by atomic mass is 35.5. The van der Waals surface area contributed by atoms with E-state index in [2.05, 4.69) is 16.3 Å². The maximum atomic E-state index is 8.76. The van der Waals surface area contributed by atoms with E-state index < -0.39 is 0 Å². The molecule has 88 valence electrons. The van der Waals surface area contributed by atoms with Crippen LogP contribution in [-0.4, -0.2) is 37.4 Å². The average molecular weight is 241 g/mol. The summed E-state index contributed by atoms with van der Waals surface area (Å²) in [7, 11) is 0. The number of aliphatic hydroxyl groups is 1. The van der Waals surface area contributed by atoms with Crippen molar-refractivity contribution < 1.29 is 5.11 Å². The molecule has 2 N–H and O–H groups in total. The number of anilines is 1. The molecule has 0 aliphatic carbocycles. The molecule has 0 radical (unpaired) electrons. The molecule has 0 saturated carbocycles. The minimum Gasteiger partial charge on any atom is -0.395 e. The molecule has 3 nitrogen and oxygen atoms in total. The van der Waals surface area contributed by atoms with Crippen LogP contribution in [0.15, 0.2) is 24.3 Å². The summed E-state index contributed by atoms with van der Waals surface area (Å²) in [5.41, 5.74) is 1.11. The summed E-state index contributed by atoms with van der Waals surface area (Å²) in [5.74, 6) is 0. The van der Waals surface area contributed by atoms with Crippen molar-refractivity contribution >= 4 is 17.3 Å². The van der Waals surface area contributed by atoms with Gasteiger partial charge in [-0.3, -0.25) is 0 Å². The molecule has 1 aliphatic heterocycles. The van der Waals surface area contributed by atoms with Crippen LogP contribution in [0.5, 0.6) is 0 Å². The third-order valence-electron chi connectivity index (χ3n) is 2.93. The number of nitrogens with zero attached hydrogens (tertiary/aromatic N) is 1. The van der Waals surface area contributed by atoms with Gasteiger partial charge in [0.25, 0.3) is 0 Å². The Morgan fingerprint density at radius 1 is 1.44 bits per heavy atom. The van der Waals surface area contributed by atoms with Gasteiger partial charge in [0.2, 0.25) is 0 Å². The van der Waals surface area contributed by atoms with E-state index in [9.17, 15) is 0 Å². The van der Waals surface area contributed by atoms with Gasteiger partial charge in [-0.05, 0) is 18.6 Å². The van der Waals surface area contributed by atoms with E-state index in [1.165, 1.54) is 0 Å². The largest absolute Gasteiger partial charge is 0.395 e. The Morgan fingerprint density at radius 3 is 3.00 bits per heavy atom. The molecule has 1 unspecified atom stereocenters. The number of hydrogen-bond donors (Lipinski definition) is 2. The van der Waals surface area contributed by atoms with Gasteiger partial charge in [0.1, 0.15) is 0 Å². The summed E-state index contributed by atoms with van der Waals surface area (Å²) in [6, 6.07) is 8.39. The van der Waals surface area contributed by atoms with Crippen molar-refractivity contribution in [2.24, 2.45) is 0 Å². The van der Waals surface area contributed by atoms with Crippen LogP contribution in [0.25, 0.3) is 0 Å². The van der Waals surface area contributed by atoms with Crippen molar-refractivity contribution in [2.45, 2.75) is 12.5 Å². The van der Waals surface area contributed by atoms with E-state index in [1.807, 2.05) is 18.2 Å². The second-order valence-corrected chi connectivity index (χ2v) is 4.47. The number of hydrogen-bond acceptors (Lipinski definition) is 3. The Bertz CT molecular complexity index is 346. The Hall–Kier alpha value is -0.770.